The van der Waals surface area contributed by atoms with Gasteiger partial charge in [0, 0.05) is 12.8 Å². The molecule has 0 spiro atoms. The number of hydrogen-bond acceptors (Lipinski definition) is 4. The number of carbonyl (C=O) groups excluding carboxylic acids is 2. The van der Waals surface area contributed by atoms with Gasteiger partial charge < -0.3 is 8.83 Å². The lowest BCUT2D eigenvalue weighted by molar-refractivity contribution is -0.121. The molecule has 2 rings (SSSR count). The average Bonchev–Trinajstić information content (AvgIpc) is 3.03. The maximum absolute atomic E-state index is 11.8. The van der Waals surface area contributed by atoms with Gasteiger partial charge in [-0.2, -0.15) is 0 Å². The van der Waals surface area contributed by atoms with Crippen molar-refractivity contribution >= 4 is 11.8 Å². The topological polar surface area (TPSA) is 84.5 Å². The number of furan rings is 2. The van der Waals surface area contributed by atoms with Gasteiger partial charge in [0.15, 0.2) is 0 Å². The number of hydrazine groups is 1. The van der Waals surface area contributed by atoms with Crippen molar-refractivity contribution in [1.82, 2.24) is 10.9 Å². The van der Waals surface area contributed by atoms with Gasteiger partial charge in [-0.05, 0) is 32.0 Å². The Morgan fingerprint density at radius 1 is 1.25 bits per heavy atom. The molecule has 0 aliphatic heterocycles. The van der Waals surface area contributed by atoms with Crippen molar-refractivity contribution < 1.29 is 18.4 Å². The largest absolute Gasteiger partial charge is 0.469 e. The van der Waals surface area contributed by atoms with E-state index in [-0.39, 0.29) is 12.3 Å². The Bertz CT molecular complexity index is 599. The fourth-order valence-corrected chi connectivity index (χ4v) is 1.80. The Labute approximate surface area is 116 Å². The summed E-state index contributed by atoms with van der Waals surface area (Å²) in [6.07, 6.45) is 2.27. The molecule has 2 N–H and O–H groups in total. The summed E-state index contributed by atoms with van der Waals surface area (Å²) in [5.41, 5.74) is 5.12. The molecule has 2 aromatic heterocycles. The molecule has 0 unspecified atom stereocenters. The molecule has 0 saturated heterocycles. The Hall–Kier alpha value is -2.50. The van der Waals surface area contributed by atoms with Crippen LogP contribution in [-0.2, 0) is 11.2 Å². The highest BCUT2D eigenvalue weighted by Crippen LogP contribution is 2.12. The van der Waals surface area contributed by atoms with Gasteiger partial charge >= 0.3 is 0 Å². The highest BCUT2D eigenvalue weighted by molar-refractivity contribution is 5.96. The van der Waals surface area contributed by atoms with Crippen molar-refractivity contribution in [3.05, 3.63) is 47.3 Å². The van der Waals surface area contributed by atoms with Crippen LogP contribution in [-0.4, -0.2) is 11.8 Å². The number of carbonyl (C=O) groups is 2. The molecule has 0 aliphatic carbocycles. The Kier molecular flexibility index (Phi) is 4.24. The summed E-state index contributed by atoms with van der Waals surface area (Å²) in [7, 11) is 0. The van der Waals surface area contributed by atoms with Gasteiger partial charge in [0.05, 0.1) is 11.8 Å². The second kappa shape index (κ2) is 6.10. The van der Waals surface area contributed by atoms with Crippen LogP contribution in [0.15, 0.2) is 33.3 Å². The molecule has 2 heterocycles. The van der Waals surface area contributed by atoms with Gasteiger partial charge in [-0.15, -0.1) is 0 Å². The zero-order chi connectivity index (χ0) is 14.5. The first-order chi connectivity index (χ1) is 9.56. The lowest BCUT2D eigenvalue weighted by Crippen LogP contribution is -2.41. The van der Waals surface area contributed by atoms with Crippen molar-refractivity contribution in [1.29, 1.82) is 0 Å². The van der Waals surface area contributed by atoms with Crippen LogP contribution in [0.3, 0.4) is 0 Å². The highest BCUT2D eigenvalue weighted by atomic mass is 16.3. The normalized spacial score (nSPS) is 10.3. The Balaban J connectivity index is 1.78. The molecule has 20 heavy (non-hydrogen) atoms. The van der Waals surface area contributed by atoms with Gasteiger partial charge in [-0.1, -0.05) is 0 Å². The third kappa shape index (κ3) is 3.50. The zero-order valence-electron chi connectivity index (χ0n) is 11.4. The molecular formula is C14H16N2O4. The van der Waals surface area contributed by atoms with Crippen LogP contribution in [0.1, 0.15) is 34.1 Å². The first-order valence-corrected chi connectivity index (χ1v) is 6.25. The van der Waals surface area contributed by atoms with Crippen molar-refractivity contribution in [3.63, 3.8) is 0 Å². The molecule has 0 fully saturated rings. The van der Waals surface area contributed by atoms with Crippen LogP contribution in [0.2, 0.25) is 0 Å². The predicted molar refractivity (Wildman–Crippen MR) is 70.8 cm³/mol. The fraction of sp³-hybridized carbons (Fsp3) is 0.286. The van der Waals surface area contributed by atoms with Crippen LogP contribution in [0.5, 0.6) is 0 Å². The summed E-state index contributed by atoms with van der Waals surface area (Å²) in [6, 6.07) is 5.18. The molecule has 0 bridgehead atoms. The molecule has 2 aromatic rings. The van der Waals surface area contributed by atoms with E-state index < -0.39 is 5.91 Å². The van der Waals surface area contributed by atoms with Crippen molar-refractivity contribution in [3.8, 4) is 0 Å². The minimum atomic E-state index is -0.398. The first kappa shape index (κ1) is 13.9. The molecule has 0 radical (unpaired) electrons. The second-order valence-electron chi connectivity index (χ2n) is 4.41. The van der Waals surface area contributed by atoms with Crippen molar-refractivity contribution in [2.75, 3.05) is 0 Å². The van der Waals surface area contributed by atoms with Crippen LogP contribution in [0.25, 0.3) is 0 Å². The lowest BCUT2D eigenvalue weighted by Gasteiger charge is -2.06. The van der Waals surface area contributed by atoms with E-state index in [0.717, 1.165) is 5.76 Å². The van der Waals surface area contributed by atoms with E-state index >= 15 is 0 Å². The molecule has 106 valence electrons. The number of aryl methyl sites for hydroxylation is 3. The molecule has 6 nitrogen and oxygen atoms in total. The van der Waals surface area contributed by atoms with Crippen LogP contribution in [0.4, 0.5) is 0 Å². The monoisotopic (exact) mass is 276 g/mol. The standard InChI is InChI=1S/C14H16N2O4/c1-9-8-12(10(2)20-9)14(18)16-15-13(17)6-5-11-4-3-7-19-11/h3-4,7-8H,5-6H2,1-2H3,(H,15,17)(H,16,18). The summed E-state index contributed by atoms with van der Waals surface area (Å²) >= 11 is 0. The molecular weight excluding hydrogens is 260 g/mol. The van der Waals surface area contributed by atoms with E-state index in [1.165, 1.54) is 0 Å². The average molecular weight is 276 g/mol. The fourth-order valence-electron chi connectivity index (χ4n) is 1.80. The summed E-state index contributed by atoms with van der Waals surface area (Å²) in [6.45, 7) is 3.45. The van der Waals surface area contributed by atoms with Gasteiger partial charge in [0.25, 0.3) is 5.91 Å². The smallest absolute Gasteiger partial charge is 0.273 e. The quantitative estimate of drug-likeness (QED) is 0.835. The maximum atomic E-state index is 11.8. The predicted octanol–water partition coefficient (Wildman–Crippen LogP) is 1.88. The molecule has 0 atom stereocenters. The van der Waals surface area contributed by atoms with Gasteiger partial charge in [-0.25, -0.2) is 0 Å². The van der Waals surface area contributed by atoms with Crippen molar-refractivity contribution in [2.45, 2.75) is 26.7 Å². The molecule has 0 aromatic carbocycles. The van der Waals surface area contributed by atoms with Crippen molar-refractivity contribution in [2.24, 2.45) is 0 Å². The van der Waals surface area contributed by atoms with E-state index in [9.17, 15) is 9.59 Å². The second-order valence-corrected chi connectivity index (χ2v) is 4.41. The molecule has 6 heteroatoms. The summed E-state index contributed by atoms with van der Waals surface area (Å²) in [4.78, 5) is 23.4. The molecule has 0 saturated carbocycles. The van der Waals surface area contributed by atoms with E-state index in [1.54, 1.807) is 38.3 Å². The van der Waals surface area contributed by atoms with Crippen LogP contribution in [0, 0.1) is 13.8 Å². The lowest BCUT2D eigenvalue weighted by atomic mass is 10.2. The Morgan fingerprint density at radius 3 is 2.65 bits per heavy atom. The zero-order valence-corrected chi connectivity index (χ0v) is 11.4. The third-order valence-corrected chi connectivity index (χ3v) is 2.78. The maximum Gasteiger partial charge on any atom is 0.273 e. The highest BCUT2D eigenvalue weighted by Gasteiger charge is 2.14. The van der Waals surface area contributed by atoms with E-state index in [1.807, 2.05) is 0 Å². The minimum absolute atomic E-state index is 0.233. The number of amides is 2. The summed E-state index contributed by atoms with van der Waals surface area (Å²) < 4.78 is 10.4. The summed E-state index contributed by atoms with van der Waals surface area (Å²) in [5.74, 6) is 1.22. The third-order valence-electron chi connectivity index (χ3n) is 2.78. The Morgan fingerprint density at radius 2 is 2.05 bits per heavy atom. The van der Waals surface area contributed by atoms with E-state index in [4.69, 9.17) is 8.83 Å². The summed E-state index contributed by atoms with van der Waals surface area (Å²) in [5, 5.41) is 0. The van der Waals surface area contributed by atoms with Gasteiger partial charge in [0.2, 0.25) is 5.91 Å². The van der Waals surface area contributed by atoms with Crippen LogP contribution >= 0.6 is 0 Å². The molecule has 2 amide bonds. The first-order valence-electron chi connectivity index (χ1n) is 6.25. The van der Waals surface area contributed by atoms with E-state index in [2.05, 4.69) is 10.9 Å². The number of nitrogens with one attached hydrogen (secondary N) is 2. The SMILES string of the molecule is Cc1cc(C(=O)NNC(=O)CCc2ccco2)c(C)o1. The van der Waals surface area contributed by atoms with Gasteiger partial charge in [0.1, 0.15) is 17.3 Å². The van der Waals surface area contributed by atoms with Gasteiger partial charge in [-0.3, -0.25) is 20.4 Å². The van der Waals surface area contributed by atoms with E-state index in [0.29, 0.717) is 23.5 Å². The number of hydrogen-bond donors (Lipinski definition) is 2. The minimum Gasteiger partial charge on any atom is -0.469 e. The molecule has 0 aliphatic rings. The van der Waals surface area contributed by atoms with Crippen LogP contribution < -0.4 is 10.9 Å². The number of rotatable bonds is 4.